The van der Waals surface area contributed by atoms with E-state index >= 15 is 0 Å². The molecule has 0 saturated heterocycles. The van der Waals surface area contributed by atoms with Crippen LogP contribution >= 0.6 is 0 Å². The lowest BCUT2D eigenvalue weighted by molar-refractivity contribution is 0.589. The number of H-pyrrole nitrogens is 1. The van der Waals surface area contributed by atoms with Gasteiger partial charge in [0, 0.05) is 17.5 Å². The molecule has 78 valence electrons. The van der Waals surface area contributed by atoms with Gasteiger partial charge in [0.2, 0.25) is 0 Å². The highest BCUT2D eigenvalue weighted by Crippen LogP contribution is 2.32. The first-order valence-electron chi connectivity index (χ1n) is 5.13. The predicted octanol–water partition coefficient (Wildman–Crippen LogP) is 2.18. The minimum absolute atomic E-state index is 0.102. The van der Waals surface area contributed by atoms with Crippen LogP contribution in [0.2, 0.25) is 0 Å². The first-order valence-corrected chi connectivity index (χ1v) is 5.13. The molecule has 0 radical (unpaired) electrons. The largest absolute Gasteiger partial charge is 0.381 e. The number of aromatic nitrogens is 2. The SMILES string of the molecule is CC1(C)CNc2cc3[nH]ncc3cc2N1. The van der Waals surface area contributed by atoms with Crippen LogP contribution in [-0.2, 0) is 0 Å². The van der Waals surface area contributed by atoms with E-state index in [0.717, 1.165) is 28.8 Å². The molecule has 2 heterocycles. The van der Waals surface area contributed by atoms with E-state index < -0.39 is 0 Å². The van der Waals surface area contributed by atoms with Gasteiger partial charge < -0.3 is 10.6 Å². The van der Waals surface area contributed by atoms with Crippen molar-refractivity contribution in [1.82, 2.24) is 10.2 Å². The Morgan fingerprint density at radius 3 is 3.00 bits per heavy atom. The molecule has 15 heavy (non-hydrogen) atoms. The fourth-order valence-electron chi connectivity index (χ4n) is 1.97. The number of anilines is 2. The van der Waals surface area contributed by atoms with Crippen LogP contribution in [0.3, 0.4) is 0 Å². The van der Waals surface area contributed by atoms with Crippen LogP contribution in [0.1, 0.15) is 13.8 Å². The zero-order valence-electron chi connectivity index (χ0n) is 8.89. The van der Waals surface area contributed by atoms with E-state index in [-0.39, 0.29) is 5.54 Å². The highest BCUT2D eigenvalue weighted by atomic mass is 15.1. The molecule has 2 aromatic rings. The summed E-state index contributed by atoms with van der Waals surface area (Å²) in [5.74, 6) is 0. The standard InChI is InChI=1S/C11H14N4/c1-11(2)6-12-9-4-8-7(5-13-15-8)3-10(9)14-11/h3-5,12,14H,6H2,1-2H3,(H,13,15). The summed E-state index contributed by atoms with van der Waals surface area (Å²) < 4.78 is 0. The van der Waals surface area contributed by atoms with E-state index in [0.29, 0.717) is 0 Å². The monoisotopic (exact) mass is 202 g/mol. The number of benzene rings is 1. The van der Waals surface area contributed by atoms with Crippen molar-refractivity contribution in [3.63, 3.8) is 0 Å². The van der Waals surface area contributed by atoms with Crippen molar-refractivity contribution in [3.8, 4) is 0 Å². The van der Waals surface area contributed by atoms with Crippen LogP contribution < -0.4 is 10.6 Å². The number of nitrogens with zero attached hydrogens (tertiary/aromatic N) is 1. The fourth-order valence-corrected chi connectivity index (χ4v) is 1.97. The third-order valence-corrected chi connectivity index (χ3v) is 2.77. The molecule has 0 atom stereocenters. The molecule has 0 bridgehead atoms. The average Bonchev–Trinajstić information content (AvgIpc) is 2.60. The third-order valence-electron chi connectivity index (χ3n) is 2.77. The molecule has 4 nitrogen and oxygen atoms in total. The van der Waals surface area contributed by atoms with Crippen LogP contribution in [0.25, 0.3) is 10.9 Å². The van der Waals surface area contributed by atoms with Crippen LogP contribution in [0, 0.1) is 0 Å². The summed E-state index contributed by atoms with van der Waals surface area (Å²) in [7, 11) is 0. The van der Waals surface area contributed by atoms with Gasteiger partial charge in [-0.05, 0) is 26.0 Å². The number of hydrogen-bond acceptors (Lipinski definition) is 3. The van der Waals surface area contributed by atoms with Gasteiger partial charge in [0.05, 0.1) is 23.1 Å². The van der Waals surface area contributed by atoms with Gasteiger partial charge in [-0.3, -0.25) is 5.10 Å². The first-order chi connectivity index (χ1) is 7.14. The highest BCUT2D eigenvalue weighted by molar-refractivity contribution is 5.90. The zero-order valence-corrected chi connectivity index (χ0v) is 8.89. The Bertz CT molecular complexity index is 512. The van der Waals surface area contributed by atoms with Gasteiger partial charge in [-0.1, -0.05) is 0 Å². The van der Waals surface area contributed by atoms with Crippen LogP contribution in [0.15, 0.2) is 18.3 Å². The summed E-state index contributed by atoms with van der Waals surface area (Å²) in [6.07, 6.45) is 1.85. The van der Waals surface area contributed by atoms with Gasteiger partial charge in [0.1, 0.15) is 0 Å². The number of hydrogen-bond donors (Lipinski definition) is 3. The molecular weight excluding hydrogens is 188 g/mol. The summed E-state index contributed by atoms with van der Waals surface area (Å²) >= 11 is 0. The second kappa shape index (κ2) is 2.66. The molecule has 0 unspecified atom stereocenters. The lowest BCUT2D eigenvalue weighted by Gasteiger charge is -2.34. The van der Waals surface area contributed by atoms with Gasteiger partial charge in [0.25, 0.3) is 0 Å². The normalized spacial score (nSPS) is 18.0. The van der Waals surface area contributed by atoms with E-state index in [4.69, 9.17) is 0 Å². The van der Waals surface area contributed by atoms with Gasteiger partial charge in [0.15, 0.2) is 0 Å². The smallest absolute Gasteiger partial charge is 0.0672 e. The van der Waals surface area contributed by atoms with Crippen molar-refractivity contribution >= 4 is 22.3 Å². The molecule has 4 heteroatoms. The Morgan fingerprint density at radius 2 is 2.13 bits per heavy atom. The topological polar surface area (TPSA) is 52.7 Å². The molecule has 0 aliphatic carbocycles. The molecule has 1 aromatic carbocycles. The van der Waals surface area contributed by atoms with E-state index in [1.165, 1.54) is 0 Å². The molecule has 0 spiro atoms. The highest BCUT2D eigenvalue weighted by Gasteiger charge is 2.23. The molecule has 1 aromatic heterocycles. The van der Waals surface area contributed by atoms with Crippen molar-refractivity contribution in [3.05, 3.63) is 18.3 Å². The predicted molar refractivity (Wildman–Crippen MR) is 62.3 cm³/mol. The van der Waals surface area contributed by atoms with Crippen molar-refractivity contribution in [2.45, 2.75) is 19.4 Å². The van der Waals surface area contributed by atoms with Gasteiger partial charge in [-0.15, -0.1) is 0 Å². The van der Waals surface area contributed by atoms with E-state index in [1.807, 2.05) is 6.20 Å². The van der Waals surface area contributed by atoms with Crippen molar-refractivity contribution in [1.29, 1.82) is 0 Å². The van der Waals surface area contributed by atoms with Gasteiger partial charge in [-0.2, -0.15) is 5.10 Å². The molecule has 1 aliphatic heterocycles. The van der Waals surface area contributed by atoms with Crippen LogP contribution in [0.4, 0.5) is 11.4 Å². The Balaban J connectivity index is 2.16. The van der Waals surface area contributed by atoms with Crippen LogP contribution in [-0.4, -0.2) is 22.3 Å². The molecular formula is C11H14N4. The molecule has 3 rings (SSSR count). The Labute approximate surface area is 88.1 Å². The van der Waals surface area contributed by atoms with Gasteiger partial charge in [-0.25, -0.2) is 0 Å². The molecule has 1 aliphatic rings. The minimum Gasteiger partial charge on any atom is -0.381 e. The van der Waals surface area contributed by atoms with E-state index in [1.54, 1.807) is 0 Å². The molecule has 0 saturated carbocycles. The summed E-state index contributed by atoms with van der Waals surface area (Å²) in [5, 5.41) is 15.1. The third kappa shape index (κ3) is 1.33. The maximum Gasteiger partial charge on any atom is 0.0672 e. The number of fused-ring (bicyclic) bond motifs is 2. The lowest BCUT2D eigenvalue weighted by atomic mass is 10.0. The Kier molecular flexibility index (Phi) is 1.52. The maximum absolute atomic E-state index is 4.03. The number of nitrogens with one attached hydrogen (secondary N) is 3. The Hall–Kier alpha value is -1.71. The second-order valence-corrected chi connectivity index (χ2v) is 4.72. The first kappa shape index (κ1) is 8.59. The molecule has 3 N–H and O–H groups in total. The summed E-state index contributed by atoms with van der Waals surface area (Å²) in [6.45, 7) is 5.30. The summed E-state index contributed by atoms with van der Waals surface area (Å²) in [5.41, 5.74) is 3.47. The zero-order chi connectivity index (χ0) is 10.5. The minimum atomic E-state index is 0.102. The van der Waals surface area contributed by atoms with E-state index in [2.05, 4.69) is 46.8 Å². The van der Waals surface area contributed by atoms with Crippen molar-refractivity contribution < 1.29 is 0 Å². The number of rotatable bonds is 0. The fraction of sp³-hybridized carbons (Fsp3) is 0.364. The quantitative estimate of drug-likeness (QED) is 0.613. The van der Waals surface area contributed by atoms with Gasteiger partial charge >= 0.3 is 0 Å². The lowest BCUT2D eigenvalue weighted by Crippen LogP contribution is -2.42. The van der Waals surface area contributed by atoms with E-state index in [9.17, 15) is 0 Å². The van der Waals surface area contributed by atoms with Crippen molar-refractivity contribution in [2.24, 2.45) is 0 Å². The average molecular weight is 202 g/mol. The summed E-state index contributed by atoms with van der Waals surface area (Å²) in [4.78, 5) is 0. The summed E-state index contributed by atoms with van der Waals surface area (Å²) in [6, 6.07) is 4.22. The maximum atomic E-state index is 4.03. The molecule has 0 fully saturated rings. The molecule has 0 amide bonds. The number of aromatic amines is 1. The van der Waals surface area contributed by atoms with Crippen molar-refractivity contribution in [2.75, 3.05) is 17.2 Å². The van der Waals surface area contributed by atoms with Crippen LogP contribution in [0.5, 0.6) is 0 Å². The Morgan fingerprint density at radius 1 is 1.27 bits per heavy atom. The second-order valence-electron chi connectivity index (χ2n) is 4.72.